The zero-order valence-electron chi connectivity index (χ0n) is 12.7. The standard InChI is InChI=1S/C17H17N3O2S/c1-12(13-5-3-2-4-6-13)19-15(21)7-9-20-11-18-16-14(17(20)22)8-10-23-16/h2-6,8,10-12H,7,9H2,1H3,(H,19,21)/t12-/m0/s1. The topological polar surface area (TPSA) is 64.0 Å². The first-order valence-corrected chi connectivity index (χ1v) is 8.30. The first kappa shape index (κ1) is 15.4. The fraction of sp³-hybridized carbons (Fsp3) is 0.235. The molecule has 118 valence electrons. The lowest BCUT2D eigenvalue weighted by atomic mass is 10.1. The van der Waals surface area contributed by atoms with Gasteiger partial charge < -0.3 is 5.32 Å². The quantitative estimate of drug-likeness (QED) is 0.784. The fourth-order valence-electron chi connectivity index (χ4n) is 2.41. The molecule has 2 aromatic heterocycles. The van der Waals surface area contributed by atoms with Gasteiger partial charge in [0.1, 0.15) is 4.83 Å². The molecule has 2 heterocycles. The van der Waals surface area contributed by atoms with E-state index in [2.05, 4.69) is 10.3 Å². The first-order valence-electron chi connectivity index (χ1n) is 7.42. The van der Waals surface area contributed by atoms with Crippen LogP contribution in [0.4, 0.5) is 0 Å². The van der Waals surface area contributed by atoms with E-state index in [-0.39, 0.29) is 23.9 Å². The molecule has 1 atom stereocenters. The van der Waals surface area contributed by atoms with Crippen LogP contribution in [0, 0.1) is 0 Å². The Bertz CT molecular complexity index is 870. The second kappa shape index (κ2) is 6.75. The molecule has 0 aliphatic heterocycles. The molecule has 0 aliphatic carbocycles. The van der Waals surface area contributed by atoms with Crippen LogP contribution in [-0.2, 0) is 11.3 Å². The Hall–Kier alpha value is -2.47. The van der Waals surface area contributed by atoms with Crippen molar-refractivity contribution < 1.29 is 4.79 Å². The molecule has 0 saturated carbocycles. The summed E-state index contributed by atoms with van der Waals surface area (Å²) in [7, 11) is 0. The molecule has 23 heavy (non-hydrogen) atoms. The van der Waals surface area contributed by atoms with E-state index in [0.717, 1.165) is 10.4 Å². The van der Waals surface area contributed by atoms with Crippen LogP contribution >= 0.6 is 11.3 Å². The van der Waals surface area contributed by atoms with Crippen molar-refractivity contribution in [3.8, 4) is 0 Å². The number of carbonyl (C=O) groups is 1. The average molecular weight is 327 g/mol. The van der Waals surface area contributed by atoms with Gasteiger partial charge in [-0.05, 0) is 23.9 Å². The van der Waals surface area contributed by atoms with Crippen LogP contribution in [0.15, 0.2) is 52.9 Å². The number of aromatic nitrogens is 2. The summed E-state index contributed by atoms with van der Waals surface area (Å²) in [4.78, 5) is 29.3. The highest BCUT2D eigenvalue weighted by atomic mass is 32.1. The number of hydrogen-bond donors (Lipinski definition) is 1. The average Bonchev–Trinajstić information content (AvgIpc) is 3.04. The molecule has 0 fully saturated rings. The van der Waals surface area contributed by atoms with Gasteiger partial charge >= 0.3 is 0 Å². The molecule has 0 unspecified atom stereocenters. The minimum absolute atomic E-state index is 0.0575. The number of nitrogens with zero attached hydrogens (tertiary/aromatic N) is 2. The van der Waals surface area contributed by atoms with Gasteiger partial charge in [0, 0.05) is 13.0 Å². The Morgan fingerprint density at radius 2 is 2.09 bits per heavy atom. The van der Waals surface area contributed by atoms with Crippen molar-refractivity contribution in [2.24, 2.45) is 0 Å². The Morgan fingerprint density at radius 3 is 2.87 bits per heavy atom. The molecule has 6 heteroatoms. The van der Waals surface area contributed by atoms with Crippen LogP contribution in [-0.4, -0.2) is 15.5 Å². The van der Waals surface area contributed by atoms with E-state index in [1.807, 2.05) is 42.6 Å². The lowest BCUT2D eigenvalue weighted by molar-refractivity contribution is -0.121. The molecule has 0 radical (unpaired) electrons. The number of rotatable bonds is 5. The summed E-state index contributed by atoms with van der Waals surface area (Å²) < 4.78 is 1.49. The van der Waals surface area contributed by atoms with Gasteiger partial charge in [-0.2, -0.15) is 0 Å². The van der Waals surface area contributed by atoms with Gasteiger partial charge in [0.25, 0.3) is 5.56 Å². The van der Waals surface area contributed by atoms with Gasteiger partial charge in [-0.25, -0.2) is 4.98 Å². The maximum absolute atomic E-state index is 12.2. The van der Waals surface area contributed by atoms with Gasteiger partial charge in [-0.3, -0.25) is 14.2 Å². The number of thiophene rings is 1. The number of hydrogen-bond acceptors (Lipinski definition) is 4. The third-order valence-corrected chi connectivity index (χ3v) is 4.53. The van der Waals surface area contributed by atoms with Crippen LogP contribution in [0.5, 0.6) is 0 Å². The summed E-state index contributed by atoms with van der Waals surface area (Å²) in [5, 5.41) is 5.40. The van der Waals surface area contributed by atoms with Crippen molar-refractivity contribution >= 4 is 27.5 Å². The summed E-state index contributed by atoms with van der Waals surface area (Å²) in [6.45, 7) is 2.27. The molecule has 3 rings (SSSR count). The van der Waals surface area contributed by atoms with Crippen molar-refractivity contribution in [2.75, 3.05) is 0 Å². The lowest BCUT2D eigenvalue weighted by Gasteiger charge is -2.14. The smallest absolute Gasteiger partial charge is 0.262 e. The Labute approximate surface area is 137 Å². The third kappa shape index (κ3) is 3.48. The highest BCUT2D eigenvalue weighted by Gasteiger charge is 2.10. The van der Waals surface area contributed by atoms with Crippen LogP contribution in [0.3, 0.4) is 0 Å². The summed E-state index contributed by atoms with van der Waals surface area (Å²) in [5.41, 5.74) is 0.958. The summed E-state index contributed by atoms with van der Waals surface area (Å²) in [6.07, 6.45) is 1.75. The molecular weight excluding hydrogens is 310 g/mol. The second-order valence-electron chi connectivity index (χ2n) is 5.33. The lowest BCUT2D eigenvalue weighted by Crippen LogP contribution is -2.29. The zero-order chi connectivity index (χ0) is 16.2. The van der Waals surface area contributed by atoms with Gasteiger partial charge in [-0.1, -0.05) is 30.3 Å². The number of fused-ring (bicyclic) bond motifs is 1. The molecule has 0 bridgehead atoms. The van der Waals surface area contributed by atoms with Gasteiger partial charge in [0.15, 0.2) is 0 Å². The van der Waals surface area contributed by atoms with Gasteiger partial charge in [-0.15, -0.1) is 11.3 Å². The minimum Gasteiger partial charge on any atom is -0.350 e. The van der Waals surface area contributed by atoms with E-state index in [1.54, 1.807) is 6.07 Å². The van der Waals surface area contributed by atoms with E-state index >= 15 is 0 Å². The molecule has 1 N–H and O–H groups in total. The second-order valence-corrected chi connectivity index (χ2v) is 6.23. The monoisotopic (exact) mass is 327 g/mol. The van der Waals surface area contributed by atoms with Crippen molar-refractivity contribution in [3.05, 3.63) is 64.0 Å². The minimum atomic E-state index is -0.0971. The van der Waals surface area contributed by atoms with Crippen LogP contribution < -0.4 is 10.9 Å². The van der Waals surface area contributed by atoms with Crippen LogP contribution in [0.2, 0.25) is 0 Å². The van der Waals surface area contributed by atoms with Crippen LogP contribution in [0.1, 0.15) is 24.9 Å². The highest BCUT2D eigenvalue weighted by Crippen LogP contribution is 2.13. The molecule has 0 spiro atoms. The summed E-state index contributed by atoms with van der Waals surface area (Å²) >= 11 is 1.44. The molecule has 5 nitrogen and oxygen atoms in total. The fourth-order valence-corrected chi connectivity index (χ4v) is 3.14. The molecule has 3 aromatic rings. The first-order chi connectivity index (χ1) is 11.1. The highest BCUT2D eigenvalue weighted by molar-refractivity contribution is 7.16. The number of benzene rings is 1. The predicted octanol–water partition coefficient (Wildman–Crippen LogP) is 2.73. The van der Waals surface area contributed by atoms with Gasteiger partial charge in [0.2, 0.25) is 5.91 Å². The van der Waals surface area contributed by atoms with E-state index in [4.69, 9.17) is 0 Å². The number of nitrogens with one attached hydrogen (secondary N) is 1. The maximum atomic E-state index is 12.2. The number of carbonyl (C=O) groups excluding carboxylic acids is 1. The predicted molar refractivity (Wildman–Crippen MR) is 91.5 cm³/mol. The number of aryl methyl sites for hydroxylation is 1. The van der Waals surface area contributed by atoms with Crippen molar-refractivity contribution in [1.29, 1.82) is 0 Å². The molecule has 1 amide bonds. The Morgan fingerprint density at radius 1 is 1.30 bits per heavy atom. The Kier molecular flexibility index (Phi) is 4.52. The number of amides is 1. The molecular formula is C17H17N3O2S. The maximum Gasteiger partial charge on any atom is 0.262 e. The van der Waals surface area contributed by atoms with E-state index in [0.29, 0.717) is 11.9 Å². The van der Waals surface area contributed by atoms with E-state index < -0.39 is 0 Å². The van der Waals surface area contributed by atoms with Crippen molar-refractivity contribution in [3.63, 3.8) is 0 Å². The van der Waals surface area contributed by atoms with Gasteiger partial charge in [0.05, 0.1) is 17.8 Å². The summed E-state index contributed by atoms with van der Waals surface area (Å²) in [5.74, 6) is -0.0846. The van der Waals surface area contributed by atoms with Crippen molar-refractivity contribution in [2.45, 2.75) is 25.9 Å². The zero-order valence-corrected chi connectivity index (χ0v) is 13.5. The van der Waals surface area contributed by atoms with Crippen molar-refractivity contribution in [1.82, 2.24) is 14.9 Å². The van der Waals surface area contributed by atoms with E-state index in [9.17, 15) is 9.59 Å². The largest absolute Gasteiger partial charge is 0.350 e. The molecule has 1 aromatic carbocycles. The normalized spacial score (nSPS) is 12.2. The van der Waals surface area contributed by atoms with Crippen LogP contribution in [0.25, 0.3) is 10.2 Å². The molecule has 0 aliphatic rings. The third-order valence-electron chi connectivity index (χ3n) is 3.71. The SMILES string of the molecule is C[C@H](NC(=O)CCn1cnc2sccc2c1=O)c1ccccc1. The van der Waals surface area contributed by atoms with E-state index in [1.165, 1.54) is 22.2 Å². The summed E-state index contributed by atoms with van der Waals surface area (Å²) in [6, 6.07) is 11.5. The molecule has 0 saturated heterocycles. The Balaban J connectivity index is 1.62.